The van der Waals surface area contributed by atoms with Crippen molar-refractivity contribution in [2.45, 2.75) is 38.5 Å². The second-order valence-corrected chi connectivity index (χ2v) is 6.18. The molecule has 6 heteroatoms. The molecule has 0 spiro atoms. The monoisotopic (exact) mass is 276 g/mol. The number of aliphatic hydroxyl groups is 1. The highest BCUT2D eigenvalue weighted by molar-refractivity contribution is 7.15. The second kappa shape index (κ2) is 4.31. The van der Waals surface area contributed by atoms with Crippen LogP contribution in [0.25, 0.3) is 0 Å². The average molecular weight is 276 g/mol. The summed E-state index contributed by atoms with van der Waals surface area (Å²) in [4.78, 5) is 12.5. The fraction of sp³-hybridized carbons (Fsp3) is 0.538. The Morgan fingerprint density at radius 2 is 2.32 bits per heavy atom. The van der Waals surface area contributed by atoms with E-state index in [1.807, 2.05) is 12.4 Å². The van der Waals surface area contributed by atoms with Crippen LogP contribution in [-0.2, 0) is 19.5 Å². The number of aliphatic hydroxyl groups excluding tert-OH is 1. The normalized spacial score (nSPS) is 22.2. The van der Waals surface area contributed by atoms with Gasteiger partial charge in [0.15, 0.2) is 5.13 Å². The van der Waals surface area contributed by atoms with Crippen LogP contribution in [0.15, 0.2) is 12.4 Å². The van der Waals surface area contributed by atoms with E-state index in [-0.39, 0.29) is 6.10 Å². The molecular formula is C13H16N4OS. The van der Waals surface area contributed by atoms with Crippen molar-refractivity contribution in [2.24, 2.45) is 0 Å². The minimum Gasteiger partial charge on any atom is -0.388 e. The summed E-state index contributed by atoms with van der Waals surface area (Å²) in [5.74, 6) is 1.10. The second-order valence-electron chi connectivity index (χ2n) is 5.17. The Labute approximate surface area is 115 Å². The Morgan fingerprint density at radius 3 is 3.21 bits per heavy atom. The van der Waals surface area contributed by atoms with E-state index in [0.717, 1.165) is 60.4 Å². The molecule has 0 radical (unpaired) electrons. The lowest BCUT2D eigenvalue weighted by Gasteiger charge is -2.27. The van der Waals surface area contributed by atoms with Gasteiger partial charge in [0.25, 0.3) is 0 Å². The predicted molar refractivity (Wildman–Crippen MR) is 73.3 cm³/mol. The van der Waals surface area contributed by atoms with Gasteiger partial charge in [-0.15, -0.1) is 0 Å². The number of rotatable bonds is 1. The lowest BCUT2D eigenvalue weighted by molar-refractivity contribution is 0.160. The van der Waals surface area contributed by atoms with Crippen molar-refractivity contribution in [2.75, 3.05) is 11.4 Å². The molecule has 4 rings (SSSR count). The van der Waals surface area contributed by atoms with Crippen LogP contribution in [0, 0.1) is 0 Å². The van der Waals surface area contributed by atoms with Crippen molar-refractivity contribution in [1.29, 1.82) is 0 Å². The zero-order valence-electron chi connectivity index (χ0n) is 10.6. The minimum atomic E-state index is -0.304. The molecule has 0 amide bonds. The first kappa shape index (κ1) is 11.4. The van der Waals surface area contributed by atoms with Gasteiger partial charge in [0.05, 0.1) is 23.2 Å². The van der Waals surface area contributed by atoms with Crippen LogP contribution in [0.1, 0.15) is 35.3 Å². The number of thiazole rings is 1. The zero-order chi connectivity index (χ0) is 12.8. The van der Waals surface area contributed by atoms with E-state index in [1.54, 1.807) is 11.3 Å². The van der Waals surface area contributed by atoms with E-state index in [9.17, 15) is 5.11 Å². The van der Waals surface area contributed by atoms with Crippen LogP contribution in [0.2, 0.25) is 0 Å². The maximum atomic E-state index is 10.0. The summed E-state index contributed by atoms with van der Waals surface area (Å²) in [5.41, 5.74) is 1.10. The molecule has 19 heavy (non-hydrogen) atoms. The van der Waals surface area contributed by atoms with Crippen LogP contribution in [0.4, 0.5) is 5.13 Å². The molecule has 5 nitrogen and oxygen atoms in total. The largest absolute Gasteiger partial charge is 0.388 e. The summed E-state index contributed by atoms with van der Waals surface area (Å²) in [6.45, 7) is 2.74. The van der Waals surface area contributed by atoms with Crippen molar-refractivity contribution in [1.82, 2.24) is 14.5 Å². The van der Waals surface area contributed by atoms with Crippen molar-refractivity contribution in [3.8, 4) is 0 Å². The van der Waals surface area contributed by atoms with E-state index in [2.05, 4.69) is 14.5 Å². The van der Waals surface area contributed by atoms with Gasteiger partial charge in [0.1, 0.15) is 5.82 Å². The number of imidazole rings is 1. The molecule has 0 aromatic carbocycles. The van der Waals surface area contributed by atoms with Gasteiger partial charge in [0, 0.05) is 25.5 Å². The Balaban J connectivity index is 1.64. The summed E-state index contributed by atoms with van der Waals surface area (Å²) >= 11 is 1.66. The Bertz CT molecular complexity index is 606. The summed E-state index contributed by atoms with van der Waals surface area (Å²) in [6.07, 6.45) is 6.51. The quantitative estimate of drug-likeness (QED) is 0.862. The van der Waals surface area contributed by atoms with Crippen LogP contribution in [0.5, 0.6) is 0 Å². The third-order valence-electron chi connectivity index (χ3n) is 3.93. The molecule has 3 heterocycles. The number of hydrogen-bond acceptors (Lipinski definition) is 5. The van der Waals surface area contributed by atoms with Gasteiger partial charge in [-0.25, -0.2) is 9.97 Å². The number of nitrogens with zero attached hydrogens (tertiary/aromatic N) is 4. The van der Waals surface area contributed by atoms with Crippen molar-refractivity contribution in [3.63, 3.8) is 0 Å². The molecule has 0 saturated heterocycles. The average Bonchev–Trinajstić information content (AvgIpc) is 3.04. The molecule has 1 aliphatic heterocycles. The van der Waals surface area contributed by atoms with Gasteiger partial charge in [-0.05, 0) is 19.3 Å². The molecule has 1 N–H and O–H groups in total. The topological polar surface area (TPSA) is 54.2 Å². The maximum absolute atomic E-state index is 10.0. The Hall–Kier alpha value is -1.40. The Morgan fingerprint density at radius 1 is 1.37 bits per heavy atom. The van der Waals surface area contributed by atoms with Crippen molar-refractivity contribution >= 4 is 16.5 Å². The molecule has 0 bridgehead atoms. The number of aryl methyl sites for hydroxylation is 1. The lowest BCUT2D eigenvalue weighted by atomic mass is 10.0. The van der Waals surface area contributed by atoms with Crippen LogP contribution >= 0.6 is 11.3 Å². The van der Waals surface area contributed by atoms with Crippen molar-refractivity contribution in [3.05, 3.63) is 28.8 Å². The first-order chi connectivity index (χ1) is 9.31. The summed E-state index contributed by atoms with van der Waals surface area (Å²) in [7, 11) is 0. The van der Waals surface area contributed by atoms with Gasteiger partial charge < -0.3 is 14.6 Å². The highest BCUT2D eigenvalue weighted by Gasteiger charge is 2.26. The highest BCUT2D eigenvalue weighted by Crippen LogP contribution is 2.38. The summed E-state index contributed by atoms with van der Waals surface area (Å²) in [5, 5.41) is 11.1. The SMILES string of the molecule is OC1CCCc2nc(N3CCn4ccnc4C3)sc21. The molecule has 2 aliphatic rings. The van der Waals surface area contributed by atoms with Crippen LogP contribution in [0.3, 0.4) is 0 Å². The van der Waals surface area contributed by atoms with E-state index >= 15 is 0 Å². The highest BCUT2D eigenvalue weighted by atomic mass is 32.1. The number of aromatic nitrogens is 3. The maximum Gasteiger partial charge on any atom is 0.186 e. The predicted octanol–water partition coefficient (Wildman–Crippen LogP) is 1.73. The molecule has 1 unspecified atom stereocenters. The molecule has 1 aliphatic carbocycles. The third kappa shape index (κ3) is 1.86. The number of fused-ring (bicyclic) bond motifs is 2. The fourth-order valence-corrected chi connectivity index (χ4v) is 4.01. The molecular weight excluding hydrogens is 260 g/mol. The van der Waals surface area contributed by atoms with E-state index in [0.29, 0.717) is 0 Å². The molecule has 2 aromatic rings. The smallest absolute Gasteiger partial charge is 0.186 e. The number of anilines is 1. The van der Waals surface area contributed by atoms with Crippen LogP contribution < -0.4 is 4.90 Å². The summed E-state index contributed by atoms with van der Waals surface area (Å²) in [6, 6.07) is 0. The molecule has 100 valence electrons. The van der Waals surface area contributed by atoms with Gasteiger partial charge >= 0.3 is 0 Å². The minimum absolute atomic E-state index is 0.304. The first-order valence-corrected chi connectivity index (χ1v) is 7.55. The Kier molecular flexibility index (Phi) is 2.60. The summed E-state index contributed by atoms with van der Waals surface area (Å²) < 4.78 is 2.19. The van der Waals surface area contributed by atoms with Crippen LogP contribution in [-0.4, -0.2) is 26.2 Å². The standard InChI is InChI=1S/C13H16N4OS/c18-10-3-1-2-9-12(10)19-13(15-9)17-7-6-16-5-4-14-11(16)8-17/h4-5,10,18H,1-3,6-8H2. The third-order valence-corrected chi connectivity index (χ3v) is 5.19. The van der Waals surface area contributed by atoms with Gasteiger partial charge in [0.2, 0.25) is 0 Å². The molecule has 0 saturated carbocycles. The van der Waals surface area contributed by atoms with Crippen molar-refractivity contribution < 1.29 is 5.11 Å². The molecule has 2 aromatic heterocycles. The van der Waals surface area contributed by atoms with Gasteiger partial charge in [-0.2, -0.15) is 0 Å². The van der Waals surface area contributed by atoms with Gasteiger partial charge in [-0.1, -0.05) is 11.3 Å². The molecule has 0 fully saturated rings. The number of hydrogen-bond donors (Lipinski definition) is 1. The van der Waals surface area contributed by atoms with E-state index < -0.39 is 0 Å². The van der Waals surface area contributed by atoms with E-state index in [4.69, 9.17) is 4.98 Å². The first-order valence-electron chi connectivity index (χ1n) is 6.74. The van der Waals surface area contributed by atoms with Gasteiger partial charge in [-0.3, -0.25) is 0 Å². The lowest BCUT2D eigenvalue weighted by Crippen LogP contribution is -2.33. The molecule has 1 atom stereocenters. The fourth-order valence-electron chi connectivity index (χ4n) is 2.86. The zero-order valence-corrected chi connectivity index (χ0v) is 11.4. The van der Waals surface area contributed by atoms with E-state index in [1.165, 1.54) is 0 Å².